The fourth-order valence-electron chi connectivity index (χ4n) is 1.74. The molecule has 0 spiro atoms. The van der Waals surface area contributed by atoms with Gasteiger partial charge < -0.3 is 11.1 Å². The Balaban J connectivity index is 2.92. The van der Waals surface area contributed by atoms with Gasteiger partial charge in [-0.05, 0) is 12.0 Å². The molecule has 21 heavy (non-hydrogen) atoms. The summed E-state index contributed by atoms with van der Waals surface area (Å²) in [6.07, 6.45) is 0.0445. The Hall–Kier alpha value is -2.95. The summed E-state index contributed by atoms with van der Waals surface area (Å²) in [6.45, 7) is 1.60. The fourth-order valence-corrected chi connectivity index (χ4v) is 1.74. The van der Waals surface area contributed by atoms with Gasteiger partial charge in [-0.3, -0.25) is 19.7 Å². The molecule has 0 radical (unpaired) electrons. The Morgan fingerprint density at radius 3 is 2.71 bits per heavy atom. The first-order chi connectivity index (χ1) is 9.86. The molecule has 0 unspecified atom stereocenters. The Morgan fingerprint density at radius 1 is 1.52 bits per heavy atom. The lowest BCUT2D eigenvalue weighted by molar-refractivity contribution is -0.384. The summed E-state index contributed by atoms with van der Waals surface area (Å²) in [4.78, 5) is 33.4. The first-order valence-electron chi connectivity index (χ1n) is 6.08. The van der Waals surface area contributed by atoms with Gasteiger partial charge in [0, 0.05) is 24.1 Å². The predicted octanol–water partition coefficient (Wildman–Crippen LogP) is 0.728. The molecule has 2 atom stereocenters. The molecule has 110 valence electrons. The van der Waals surface area contributed by atoms with Gasteiger partial charge in [0.25, 0.3) is 11.6 Å². The Labute approximate surface area is 120 Å². The van der Waals surface area contributed by atoms with Crippen molar-refractivity contribution in [3.05, 3.63) is 39.9 Å². The SMILES string of the molecule is C[C@H](CC#N)[C@@H](NC(=O)c1cccc([N+](=O)[O-])c1)C(N)=O. The van der Waals surface area contributed by atoms with Gasteiger partial charge in [-0.25, -0.2) is 0 Å². The van der Waals surface area contributed by atoms with Gasteiger partial charge in [-0.1, -0.05) is 13.0 Å². The highest BCUT2D eigenvalue weighted by Gasteiger charge is 2.25. The molecule has 8 heteroatoms. The van der Waals surface area contributed by atoms with Crippen molar-refractivity contribution < 1.29 is 14.5 Å². The monoisotopic (exact) mass is 290 g/mol. The van der Waals surface area contributed by atoms with Crippen molar-refractivity contribution in [1.29, 1.82) is 5.26 Å². The van der Waals surface area contributed by atoms with Crippen LogP contribution in [0.5, 0.6) is 0 Å². The maximum atomic E-state index is 12.0. The highest BCUT2D eigenvalue weighted by Crippen LogP contribution is 2.14. The molecule has 0 fully saturated rings. The number of nitro groups is 1. The molecule has 0 aliphatic heterocycles. The summed E-state index contributed by atoms with van der Waals surface area (Å²) < 4.78 is 0. The molecule has 1 aromatic carbocycles. The Morgan fingerprint density at radius 2 is 2.19 bits per heavy atom. The normalized spacial score (nSPS) is 12.8. The number of hydrogen-bond donors (Lipinski definition) is 2. The van der Waals surface area contributed by atoms with Gasteiger partial charge in [-0.2, -0.15) is 5.26 Å². The van der Waals surface area contributed by atoms with Crippen LogP contribution in [-0.2, 0) is 4.79 Å². The third-order valence-corrected chi connectivity index (χ3v) is 2.89. The second kappa shape index (κ2) is 7.00. The summed E-state index contributed by atoms with van der Waals surface area (Å²) >= 11 is 0. The lowest BCUT2D eigenvalue weighted by Gasteiger charge is -2.20. The van der Waals surface area contributed by atoms with Crippen LogP contribution in [-0.4, -0.2) is 22.8 Å². The van der Waals surface area contributed by atoms with Crippen molar-refractivity contribution in [1.82, 2.24) is 5.32 Å². The zero-order valence-corrected chi connectivity index (χ0v) is 11.3. The topological polar surface area (TPSA) is 139 Å². The zero-order chi connectivity index (χ0) is 16.0. The summed E-state index contributed by atoms with van der Waals surface area (Å²) in [7, 11) is 0. The Bertz CT molecular complexity index is 608. The first kappa shape index (κ1) is 16.1. The van der Waals surface area contributed by atoms with Crippen molar-refractivity contribution in [3.63, 3.8) is 0 Å². The van der Waals surface area contributed by atoms with E-state index in [4.69, 9.17) is 11.0 Å². The van der Waals surface area contributed by atoms with Crippen LogP contribution in [0.15, 0.2) is 24.3 Å². The Kier molecular flexibility index (Phi) is 5.37. The standard InChI is InChI=1S/C13H14N4O4/c1-8(5-6-14)11(12(15)18)16-13(19)9-3-2-4-10(7-9)17(20)21/h2-4,7-8,11H,5H2,1H3,(H2,15,18)(H,16,19)/t8-,11-/m1/s1. The molecule has 0 saturated heterocycles. The van der Waals surface area contributed by atoms with Gasteiger partial charge in [0.2, 0.25) is 5.91 Å². The van der Waals surface area contributed by atoms with Gasteiger partial charge in [0.05, 0.1) is 11.0 Å². The van der Waals surface area contributed by atoms with Crippen molar-refractivity contribution in [2.45, 2.75) is 19.4 Å². The average Bonchev–Trinajstić information content (AvgIpc) is 2.44. The second-order valence-corrected chi connectivity index (χ2v) is 4.50. The summed E-state index contributed by atoms with van der Waals surface area (Å²) in [5, 5.41) is 21.7. The predicted molar refractivity (Wildman–Crippen MR) is 72.9 cm³/mol. The number of amides is 2. The molecule has 0 bridgehead atoms. The molecule has 0 aliphatic carbocycles. The number of benzene rings is 1. The third-order valence-electron chi connectivity index (χ3n) is 2.89. The lowest BCUT2D eigenvalue weighted by Crippen LogP contribution is -2.48. The maximum absolute atomic E-state index is 12.0. The smallest absolute Gasteiger partial charge is 0.270 e. The summed E-state index contributed by atoms with van der Waals surface area (Å²) in [6, 6.07) is 5.97. The van der Waals surface area contributed by atoms with E-state index in [0.29, 0.717) is 0 Å². The lowest BCUT2D eigenvalue weighted by atomic mass is 9.98. The van der Waals surface area contributed by atoms with Crippen molar-refractivity contribution >= 4 is 17.5 Å². The highest BCUT2D eigenvalue weighted by atomic mass is 16.6. The molecule has 0 heterocycles. The number of carbonyl (C=O) groups is 2. The van der Waals surface area contributed by atoms with Crippen molar-refractivity contribution in [2.24, 2.45) is 11.7 Å². The number of nitro benzene ring substituents is 1. The molecule has 1 aromatic rings. The quantitative estimate of drug-likeness (QED) is 0.587. The van der Waals surface area contributed by atoms with Crippen LogP contribution < -0.4 is 11.1 Å². The van der Waals surface area contributed by atoms with E-state index in [1.165, 1.54) is 18.2 Å². The number of primary amides is 1. The number of nitrogens with one attached hydrogen (secondary N) is 1. The van der Waals surface area contributed by atoms with Crippen molar-refractivity contribution in [2.75, 3.05) is 0 Å². The van der Waals surface area contributed by atoms with Crippen LogP contribution in [0.2, 0.25) is 0 Å². The van der Waals surface area contributed by atoms with Crippen molar-refractivity contribution in [3.8, 4) is 6.07 Å². The van der Waals surface area contributed by atoms with E-state index in [9.17, 15) is 19.7 Å². The molecule has 8 nitrogen and oxygen atoms in total. The van der Waals surface area contributed by atoms with Gasteiger partial charge >= 0.3 is 0 Å². The van der Waals surface area contributed by atoms with Gasteiger partial charge in [-0.15, -0.1) is 0 Å². The zero-order valence-electron chi connectivity index (χ0n) is 11.3. The number of nitrogens with two attached hydrogens (primary N) is 1. The minimum atomic E-state index is -1.02. The minimum Gasteiger partial charge on any atom is -0.368 e. The largest absolute Gasteiger partial charge is 0.368 e. The van der Waals surface area contributed by atoms with E-state index in [-0.39, 0.29) is 17.7 Å². The molecule has 0 aromatic heterocycles. The van der Waals surface area contributed by atoms with Crippen LogP contribution in [0.4, 0.5) is 5.69 Å². The number of hydrogen-bond acceptors (Lipinski definition) is 5. The van der Waals surface area contributed by atoms with Crippen LogP contribution >= 0.6 is 0 Å². The average molecular weight is 290 g/mol. The number of rotatable bonds is 6. The van der Waals surface area contributed by atoms with E-state index in [1.54, 1.807) is 6.92 Å². The number of non-ortho nitro benzene ring substituents is 1. The van der Waals surface area contributed by atoms with Gasteiger partial charge in [0.1, 0.15) is 6.04 Å². The first-order valence-corrected chi connectivity index (χ1v) is 6.08. The van der Waals surface area contributed by atoms with E-state index < -0.39 is 28.7 Å². The van der Waals surface area contributed by atoms with E-state index in [2.05, 4.69) is 5.32 Å². The third kappa shape index (κ3) is 4.28. The summed E-state index contributed by atoms with van der Waals surface area (Å²) in [5.41, 5.74) is 5.01. The van der Waals surface area contributed by atoms with E-state index >= 15 is 0 Å². The fraction of sp³-hybridized carbons (Fsp3) is 0.308. The maximum Gasteiger partial charge on any atom is 0.270 e. The number of nitriles is 1. The van der Waals surface area contributed by atoms with Crippen LogP contribution in [0, 0.1) is 27.4 Å². The molecular weight excluding hydrogens is 276 g/mol. The van der Waals surface area contributed by atoms with E-state index in [0.717, 1.165) is 6.07 Å². The van der Waals surface area contributed by atoms with Crippen LogP contribution in [0.3, 0.4) is 0 Å². The molecule has 2 amide bonds. The molecule has 3 N–H and O–H groups in total. The molecule has 1 rings (SSSR count). The van der Waals surface area contributed by atoms with Gasteiger partial charge in [0.15, 0.2) is 0 Å². The van der Waals surface area contributed by atoms with Crippen LogP contribution in [0.25, 0.3) is 0 Å². The molecular formula is C13H14N4O4. The highest BCUT2D eigenvalue weighted by molar-refractivity contribution is 5.97. The number of nitrogens with zero attached hydrogens (tertiary/aromatic N) is 2. The second-order valence-electron chi connectivity index (χ2n) is 4.50. The molecule has 0 aliphatic rings. The molecule has 0 saturated carbocycles. The minimum absolute atomic E-state index is 0.0413. The van der Waals surface area contributed by atoms with Crippen LogP contribution in [0.1, 0.15) is 23.7 Å². The number of carbonyl (C=O) groups excluding carboxylic acids is 2. The summed E-state index contributed by atoms with van der Waals surface area (Å²) in [5.74, 6) is -1.89. The van der Waals surface area contributed by atoms with E-state index in [1.807, 2.05) is 6.07 Å².